The molecule has 0 radical (unpaired) electrons. The van der Waals surface area contributed by atoms with E-state index in [1.54, 1.807) is 12.1 Å². The SMILES string of the molecule is O=C(Nc1cc(Cl)ccc1OCC(F)(F)F)c1cccc(-n2cnnn2)c1. The van der Waals surface area contributed by atoms with Crippen molar-refractivity contribution in [2.24, 2.45) is 0 Å². The van der Waals surface area contributed by atoms with Crippen LogP contribution in [-0.4, -0.2) is 38.9 Å². The molecule has 0 aliphatic carbocycles. The lowest BCUT2D eigenvalue weighted by Gasteiger charge is -2.14. The van der Waals surface area contributed by atoms with Gasteiger partial charge in [0.05, 0.1) is 11.4 Å². The number of carbonyl (C=O) groups excluding carboxylic acids is 1. The third-order valence-corrected chi connectivity index (χ3v) is 3.54. The molecule has 0 fully saturated rings. The van der Waals surface area contributed by atoms with E-state index in [2.05, 4.69) is 20.8 Å². The fourth-order valence-electron chi connectivity index (χ4n) is 2.15. The molecule has 0 saturated carbocycles. The van der Waals surface area contributed by atoms with E-state index in [-0.39, 0.29) is 22.0 Å². The fraction of sp³-hybridized carbons (Fsp3) is 0.125. The molecule has 0 saturated heterocycles. The Balaban J connectivity index is 1.82. The van der Waals surface area contributed by atoms with Crippen LogP contribution in [0.4, 0.5) is 18.9 Å². The molecule has 0 aliphatic heterocycles. The van der Waals surface area contributed by atoms with Crippen LogP contribution in [0.25, 0.3) is 5.69 Å². The topological polar surface area (TPSA) is 81.9 Å². The predicted octanol–water partition coefficient (Wildman–Crippen LogP) is 3.51. The number of alkyl halides is 3. The van der Waals surface area contributed by atoms with Crippen LogP contribution in [0.1, 0.15) is 10.4 Å². The Hall–Kier alpha value is -3.14. The molecule has 1 amide bonds. The number of anilines is 1. The highest BCUT2D eigenvalue weighted by Crippen LogP contribution is 2.30. The number of carbonyl (C=O) groups is 1. The molecule has 11 heteroatoms. The molecule has 0 bridgehead atoms. The van der Waals surface area contributed by atoms with Crippen molar-refractivity contribution in [2.45, 2.75) is 6.18 Å². The lowest BCUT2D eigenvalue weighted by atomic mass is 10.2. The van der Waals surface area contributed by atoms with Gasteiger partial charge in [-0.2, -0.15) is 13.2 Å². The van der Waals surface area contributed by atoms with Gasteiger partial charge < -0.3 is 10.1 Å². The van der Waals surface area contributed by atoms with Crippen LogP contribution in [0, 0.1) is 0 Å². The van der Waals surface area contributed by atoms with E-state index in [1.807, 2.05) is 0 Å². The molecular weight excluding hydrogens is 387 g/mol. The highest BCUT2D eigenvalue weighted by molar-refractivity contribution is 6.31. The molecule has 0 unspecified atom stereocenters. The third-order valence-electron chi connectivity index (χ3n) is 3.30. The van der Waals surface area contributed by atoms with E-state index in [0.717, 1.165) is 0 Å². The van der Waals surface area contributed by atoms with Gasteiger partial charge >= 0.3 is 6.18 Å². The first-order chi connectivity index (χ1) is 12.8. The zero-order chi connectivity index (χ0) is 19.4. The first-order valence-electron chi connectivity index (χ1n) is 7.46. The Labute approximate surface area is 155 Å². The van der Waals surface area contributed by atoms with Gasteiger partial charge in [0.1, 0.15) is 12.1 Å². The minimum absolute atomic E-state index is 0.0181. The quantitative estimate of drug-likeness (QED) is 0.712. The molecule has 3 rings (SSSR count). The molecular formula is C16H11ClF3N5O2. The summed E-state index contributed by atoms with van der Waals surface area (Å²) in [4.78, 5) is 12.5. The van der Waals surface area contributed by atoms with Crippen LogP contribution >= 0.6 is 11.6 Å². The van der Waals surface area contributed by atoms with Gasteiger partial charge in [0.25, 0.3) is 5.91 Å². The van der Waals surface area contributed by atoms with Crippen molar-refractivity contribution in [3.05, 3.63) is 59.4 Å². The molecule has 0 spiro atoms. The van der Waals surface area contributed by atoms with E-state index in [0.29, 0.717) is 5.69 Å². The standard InChI is InChI=1S/C16H11ClF3N5O2/c17-11-4-5-14(27-8-16(18,19)20)13(7-11)22-15(26)10-2-1-3-12(6-10)25-9-21-23-24-25/h1-7,9H,8H2,(H,22,26). The smallest absolute Gasteiger partial charge is 0.422 e. The first kappa shape index (κ1) is 18.6. The van der Waals surface area contributed by atoms with Crippen molar-refractivity contribution in [1.29, 1.82) is 0 Å². The van der Waals surface area contributed by atoms with Crippen molar-refractivity contribution >= 4 is 23.2 Å². The van der Waals surface area contributed by atoms with Crippen LogP contribution in [0.2, 0.25) is 5.02 Å². The lowest BCUT2D eigenvalue weighted by Crippen LogP contribution is -2.20. The number of halogens is 4. The average molecular weight is 398 g/mol. The van der Waals surface area contributed by atoms with Crippen LogP contribution in [-0.2, 0) is 0 Å². The van der Waals surface area contributed by atoms with Crippen molar-refractivity contribution in [2.75, 3.05) is 11.9 Å². The predicted molar refractivity (Wildman–Crippen MR) is 90.1 cm³/mol. The van der Waals surface area contributed by atoms with Crippen LogP contribution in [0.3, 0.4) is 0 Å². The first-order valence-corrected chi connectivity index (χ1v) is 7.83. The van der Waals surface area contributed by atoms with Crippen LogP contribution in [0.15, 0.2) is 48.8 Å². The summed E-state index contributed by atoms with van der Waals surface area (Å²) in [5.74, 6) is -0.717. The second kappa shape index (κ2) is 7.62. The van der Waals surface area contributed by atoms with Crippen molar-refractivity contribution < 1.29 is 22.7 Å². The van der Waals surface area contributed by atoms with E-state index in [4.69, 9.17) is 16.3 Å². The second-order valence-electron chi connectivity index (χ2n) is 5.30. The van der Waals surface area contributed by atoms with Gasteiger partial charge in [-0.15, -0.1) is 5.10 Å². The number of rotatable bonds is 5. The number of amides is 1. The number of ether oxygens (including phenoxy) is 1. The maximum absolute atomic E-state index is 12.5. The zero-order valence-electron chi connectivity index (χ0n) is 13.4. The molecule has 3 aromatic rings. The average Bonchev–Trinajstić information content (AvgIpc) is 3.15. The zero-order valence-corrected chi connectivity index (χ0v) is 14.2. The number of tetrazole rings is 1. The Kier molecular flexibility index (Phi) is 5.26. The normalized spacial score (nSPS) is 11.3. The molecule has 27 heavy (non-hydrogen) atoms. The highest BCUT2D eigenvalue weighted by Gasteiger charge is 2.29. The lowest BCUT2D eigenvalue weighted by molar-refractivity contribution is -0.153. The summed E-state index contributed by atoms with van der Waals surface area (Å²) < 4.78 is 43.3. The van der Waals surface area contributed by atoms with Gasteiger partial charge in [-0.25, -0.2) is 4.68 Å². The summed E-state index contributed by atoms with van der Waals surface area (Å²) in [5.41, 5.74) is 0.793. The van der Waals surface area contributed by atoms with E-state index >= 15 is 0 Å². The second-order valence-corrected chi connectivity index (χ2v) is 5.74. The molecule has 1 N–H and O–H groups in total. The van der Waals surface area contributed by atoms with Crippen LogP contribution in [0.5, 0.6) is 5.75 Å². The minimum Gasteiger partial charge on any atom is -0.482 e. The molecule has 140 valence electrons. The van der Waals surface area contributed by atoms with E-state index in [1.165, 1.54) is 41.3 Å². The van der Waals surface area contributed by atoms with Crippen molar-refractivity contribution in [3.8, 4) is 11.4 Å². The molecule has 1 aromatic heterocycles. The highest BCUT2D eigenvalue weighted by atomic mass is 35.5. The number of benzene rings is 2. The minimum atomic E-state index is -4.51. The summed E-state index contributed by atoms with van der Waals surface area (Å²) >= 11 is 5.87. The summed E-state index contributed by atoms with van der Waals surface area (Å²) in [6.07, 6.45) is -3.15. The van der Waals surface area contributed by atoms with Gasteiger partial charge in [0, 0.05) is 10.6 Å². The Morgan fingerprint density at radius 2 is 2.04 bits per heavy atom. The van der Waals surface area contributed by atoms with Crippen molar-refractivity contribution in [1.82, 2.24) is 20.2 Å². The monoisotopic (exact) mass is 397 g/mol. The number of hydrogen-bond acceptors (Lipinski definition) is 5. The Morgan fingerprint density at radius 3 is 2.74 bits per heavy atom. The Bertz CT molecular complexity index is 947. The van der Waals surface area contributed by atoms with Gasteiger partial charge in [-0.3, -0.25) is 4.79 Å². The molecule has 2 aromatic carbocycles. The van der Waals surface area contributed by atoms with E-state index < -0.39 is 18.7 Å². The van der Waals surface area contributed by atoms with Gasteiger partial charge in [0.2, 0.25) is 0 Å². The largest absolute Gasteiger partial charge is 0.482 e. The van der Waals surface area contributed by atoms with Gasteiger partial charge in [-0.1, -0.05) is 17.7 Å². The number of aromatic nitrogens is 4. The maximum Gasteiger partial charge on any atom is 0.422 e. The van der Waals surface area contributed by atoms with Crippen LogP contribution < -0.4 is 10.1 Å². The van der Waals surface area contributed by atoms with E-state index in [9.17, 15) is 18.0 Å². The van der Waals surface area contributed by atoms with Gasteiger partial charge in [0.15, 0.2) is 6.61 Å². The summed E-state index contributed by atoms with van der Waals surface area (Å²) in [5, 5.41) is 13.5. The number of nitrogens with zero attached hydrogens (tertiary/aromatic N) is 4. The number of nitrogens with one attached hydrogen (secondary N) is 1. The summed E-state index contributed by atoms with van der Waals surface area (Å²) in [6, 6.07) is 10.3. The Morgan fingerprint density at radius 1 is 1.22 bits per heavy atom. The third kappa shape index (κ3) is 4.94. The van der Waals surface area contributed by atoms with Gasteiger partial charge in [-0.05, 0) is 46.8 Å². The molecule has 7 nitrogen and oxygen atoms in total. The molecule has 1 heterocycles. The molecule has 0 atom stereocenters. The number of hydrogen-bond donors (Lipinski definition) is 1. The summed E-state index contributed by atoms with van der Waals surface area (Å²) in [7, 11) is 0. The van der Waals surface area contributed by atoms with Crippen molar-refractivity contribution in [3.63, 3.8) is 0 Å². The molecule has 0 aliphatic rings. The summed E-state index contributed by atoms with van der Waals surface area (Å²) in [6.45, 7) is -1.49. The maximum atomic E-state index is 12.5. The fourth-order valence-corrected chi connectivity index (χ4v) is 2.32.